The Morgan fingerprint density at radius 3 is 3.00 bits per heavy atom. The summed E-state index contributed by atoms with van der Waals surface area (Å²) in [4.78, 5) is 6.99. The monoisotopic (exact) mass is 270 g/mol. The van der Waals surface area contributed by atoms with Crippen LogP contribution in [-0.4, -0.2) is 23.3 Å². The molecule has 0 saturated carbocycles. The van der Waals surface area contributed by atoms with Gasteiger partial charge >= 0.3 is 0 Å². The minimum atomic E-state index is -0.567. The molecule has 0 fully saturated rings. The molecule has 0 amide bonds. The lowest BCUT2D eigenvalue weighted by Crippen LogP contribution is -2.26. The zero-order valence-electron chi connectivity index (χ0n) is 10.6. The Labute approximate surface area is 114 Å². The van der Waals surface area contributed by atoms with Gasteiger partial charge in [-0.05, 0) is 17.7 Å². The second kappa shape index (κ2) is 4.79. The number of halogens is 1. The van der Waals surface area contributed by atoms with Crippen molar-refractivity contribution in [3.63, 3.8) is 0 Å². The molecule has 2 heterocycles. The summed E-state index contributed by atoms with van der Waals surface area (Å²) in [6.45, 7) is 0. The van der Waals surface area contributed by atoms with Crippen LogP contribution in [0.5, 0.6) is 0 Å². The molecule has 0 saturated heterocycles. The molecule has 0 radical (unpaired) electrons. The third kappa shape index (κ3) is 1.85. The van der Waals surface area contributed by atoms with Crippen molar-refractivity contribution in [3.8, 4) is 6.07 Å². The standard InChI is InChI=1S/C14H11FN4O/c1-20-12-3-2-8(6-17-12)9-4-11(15)10(5-16)14-13(9)18-7-19-14/h2-4,6-7,12,17H,1H3,(H,18,19). The van der Waals surface area contributed by atoms with Gasteiger partial charge < -0.3 is 15.0 Å². The molecule has 6 heteroatoms. The maximum absolute atomic E-state index is 14.0. The third-order valence-electron chi connectivity index (χ3n) is 3.18. The van der Waals surface area contributed by atoms with Gasteiger partial charge in [-0.2, -0.15) is 5.26 Å². The molecule has 0 bridgehead atoms. The molecule has 100 valence electrons. The number of imidazole rings is 1. The normalized spacial score (nSPS) is 17.6. The average Bonchev–Trinajstić information content (AvgIpc) is 2.96. The summed E-state index contributed by atoms with van der Waals surface area (Å²) in [6.07, 6.45) is 6.65. The number of nitriles is 1. The highest BCUT2D eigenvalue weighted by Crippen LogP contribution is 2.29. The Kier molecular flexibility index (Phi) is 2.97. The van der Waals surface area contributed by atoms with Crippen LogP contribution in [0, 0.1) is 17.1 Å². The van der Waals surface area contributed by atoms with Crippen molar-refractivity contribution >= 4 is 16.6 Å². The van der Waals surface area contributed by atoms with Crippen LogP contribution < -0.4 is 5.32 Å². The zero-order valence-corrected chi connectivity index (χ0v) is 10.6. The highest BCUT2D eigenvalue weighted by molar-refractivity contribution is 5.94. The summed E-state index contributed by atoms with van der Waals surface area (Å²) in [5.74, 6) is -0.567. The molecule has 0 spiro atoms. The quantitative estimate of drug-likeness (QED) is 0.875. The predicted molar refractivity (Wildman–Crippen MR) is 71.8 cm³/mol. The molecular formula is C14H11FN4O. The second-order valence-electron chi connectivity index (χ2n) is 4.30. The topological polar surface area (TPSA) is 73.7 Å². The molecule has 1 atom stereocenters. The number of ether oxygens (including phenoxy) is 1. The predicted octanol–water partition coefficient (Wildman–Crippen LogP) is 2.05. The van der Waals surface area contributed by atoms with Crippen LogP contribution in [0.25, 0.3) is 16.6 Å². The van der Waals surface area contributed by atoms with Gasteiger partial charge in [0.25, 0.3) is 0 Å². The van der Waals surface area contributed by atoms with Crippen LogP contribution >= 0.6 is 0 Å². The van der Waals surface area contributed by atoms with E-state index in [-0.39, 0.29) is 11.8 Å². The molecule has 1 aromatic heterocycles. The van der Waals surface area contributed by atoms with Crippen molar-refractivity contribution in [1.82, 2.24) is 15.3 Å². The molecular weight excluding hydrogens is 259 g/mol. The van der Waals surface area contributed by atoms with E-state index in [9.17, 15) is 4.39 Å². The van der Waals surface area contributed by atoms with Gasteiger partial charge in [-0.1, -0.05) is 6.08 Å². The fourth-order valence-electron chi connectivity index (χ4n) is 2.19. The zero-order chi connectivity index (χ0) is 14.1. The number of dihydropyridines is 1. The van der Waals surface area contributed by atoms with Gasteiger partial charge in [0.1, 0.15) is 23.7 Å². The van der Waals surface area contributed by atoms with Crippen molar-refractivity contribution in [3.05, 3.63) is 47.7 Å². The van der Waals surface area contributed by atoms with E-state index in [4.69, 9.17) is 10.00 Å². The van der Waals surface area contributed by atoms with Crippen molar-refractivity contribution in [1.29, 1.82) is 5.26 Å². The number of H-pyrrole nitrogens is 1. The number of methoxy groups -OCH3 is 1. The van der Waals surface area contributed by atoms with E-state index >= 15 is 0 Å². The minimum absolute atomic E-state index is 0.0237. The Bertz CT molecular complexity index is 769. The van der Waals surface area contributed by atoms with Crippen molar-refractivity contribution in [2.75, 3.05) is 7.11 Å². The minimum Gasteiger partial charge on any atom is -0.362 e. The van der Waals surface area contributed by atoms with E-state index < -0.39 is 5.82 Å². The van der Waals surface area contributed by atoms with Crippen LogP contribution in [0.15, 0.2) is 30.7 Å². The summed E-state index contributed by atoms with van der Waals surface area (Å²) in [6, 6.07) is 3.18. The van der Waals surface area contributed by atoms with Gasteiger partial charge in [-0.25, -0.2) is 9.37 Å². The lowest BCUT2D eigenvalue weighted by atomic mass is 10.0. The van der Waals surface area contributed by atoms with Crippen LogP contribution in [0.2, 0.25) is 0 Å². The average molecular weight is 270 g/mol. The fourth-order valence-corrected chi connectivity index (χ4v) is 2.19. The molecule has 1 aromatic carbocycles. The number of aromatic amines is 1. The number of nitrogens with one attached hydrogen (secondary N) is 2. The number of nitrogens with zero attached hydrogens (tertiary/aromatic N) is 2. The number of allylic oxidation sites excluding steroid dienone is 2. The van der Waals surface area contributed by atoms with E-state index in [1.165, 1.54) is 12.4 Å². The molecule has 20 heavy (non-hydrogen) atoms. The number of hydrogen-bond donors (Lipinski definition) is 2. The van der Waals surface area contributed by atoms with Crippen LogP contribution in [0.1, 0.15) is 11.1 Å². The first-order chi connectivity index (χ1) is 9.74. The van der Waals surface area contributed by atoms with E-state index in [0.717, 1.165) is 5.57 Å². The molecule has 1 aliphatic rings. The van der Waals surface area contributed by atoms with Gasteiger partial charge in [0.2, 0.25) is 0 Å². The van der Waals surface area contributed by atoms with Crippen LogP contribution in [-0.2, 0) is 4.74 Å². The molecule has 5 nitrogen and oxygen atoms in total. The molecule has 2 aromatic rings. The van der Waals surface area contributed by atoms with E-state index in [1.807, 2.05) is 18.2 Å². The first-order valence-corrected chi connectivity index (χ1v) is 5.98. The van der Waals surface area contributed by atoms with Gasteiger partial charge in [0, 0.05) is 18.9 Å². The van der Waals surface area contributed by atoms with Crippen LogP contribution in [0.3, 0.4) is 0 Å². The van der Waals surface area contributed by atoms with Crippen molar-refractivity contribution < 1.29 is 9.13 Å². The smallest absolute Gasteiger partial charge is 0.146 e. The van der Waals surface area contributed by atoms with Crippen molar-refractivity contribution in [2.45, 2.75) is 6.23 Å². The lowest BCUT2D eigenvalue weighted by Gasteiger charge is -2.17. The van der Waals surface area contributed by atoms with E-state index in [1.54, 1.807) is 13.3 Å². The van der Waals surface area contributed by atoms with E-state index in [2.05, 4.69) is 15.3 Å². The first kappa shape index (κ1) is 12.4. The molecule has 3 rings (SSSR count). The summed E-state index contributed by atoms with van der Waals surface area (Å²) in [7, 11) is 1.59. The Morgan fingerprint density at radius 2 is 2.35 bits per heavy atom. The highest BCUT2D eigenvalue weighted by Gasteiger charge is 2.17. The van der Waals surface area contributed by atoms with Gasteiger partial charge in [-0.15, -0.1) is 0 Å². The third-order valence-corrected chi connectivity index (χ3v) is 3.18. The summed E-state index contributed by atoms with van der Waals surface area (Å²) < 4.78 is 19.1. The molecule has 1 unspecified atom stereocenters. The van der Waals surface area contributed by atoms with E-state index in [0.29, 0.717) is 16.6 Å². The van der Waals surface area contributed by atoms with Crippen LogP contribution in [0.4, 0.5) is 4.39 Å². The Hall–Kier alpha value is -2.65. The van der Waals surface area contributed by atoms with Gasteiger partial charge in [0.15, 0.2) is 0 Å². The summed E-state index contributed by atoms with van der Waals surface area (Å²) in [5, 5.41) is 12.0. The molecule has 0 aliphatic carbocycles. The van der Waals surface area contributed by atoms with Gasteiger partial charge in [-0.3, -0.25) is 0 Å². The highest BCUT2D eigenvalue weighted by atomic mass is 19.1. The summed E-state index contributed by atoms with van der Waals surface area (Å²) in [5.41, 5.74) is 2.35. The van der Waals surface area contributed by atoms with Gasteiger partial charge in [0.05, 0.1) is 17.4 Å². The molecule has 2 N–H and O–H groups in total. The maximum Gasteiger partial charge on any atom is 0.146 e. The fraction of sp³-hybridized carbons (Fsp3) is 0.143. The first-order valence-electron chi connectivity index (χ1n) is 5.98. The largest absolute Gasteiger partial charge is 0.362 e. The van der Waals surface area contributed by atoms with Crippen molar-refractivity contribution in [2.24, 2.45) is 0 Å². The Morgan fingerprint density at radius 1 is 1.50 bits per heavy atom. The number of benzene rings is 1. The molecule has 1 aliphatic heterocycles. The lowest BCUT2D eigenvalue weighted by molar-refractivity contribution is 0.124. The Balaban J connectivity index is 2.15. The number of rotatable bonds is 2. The summed E-state index contributed by atoms with van der Waals surface area (Å²) >= 11 is 0. The number of aromatic nitrogens is 2. The SMILES string of the molecule is COC1C=CC(c2cc(F)c(C#N)c3[nH]cnc23)=CN1. The number of hydrogen-bond acceptors (Lipinski definition) is 4. The maximum atomic E-state index is 14.0. The number of fused-ring (bicyclic) bond motifs is 1. The second-order valence-corrected chi connectivity index (χ2v) is 4.30.